The van der Waals surface area contributed by atoms with Crippen molar-refractivity contribution in [2.45, 2.75) is 46.1 Å². The molecule has 2 N–H and O–H groups in total. The van der Waals surface area contributed by atoms with Crippen molar-refractivity contribution >= 4 is 17.8 Å². The zero-order chi connectivity index (χ0) is 21.5. The number of amides is 2. The second-order valence-corrected chi connectivity index (χ2v) is 9.29. The summed E-state index contributed by atoms with van der Waals surface area (Å²) in [5.74, 6) is 1.01. The van der Waals surface area contributed by atoms with Gasteiger partial charge in [0.25, 0.3) is 0 Å². The van der Waals surface area contributed by atoms with Gasteiger partial charge in [0, 0.05) is 19.0 Å². The van der Waals surface area contributed by atoms with Crippen molar-refractivity contribution in [2.75, 3.05) is 18.4 Å². The quantitative estimate of drug-likeness (QED) is 0.801. The summed E-state index contributed by atoms with van der Waals surface area (Å²) < 4.78 is 5.47. The molecule has 1 aliphatic heterocycles. The Balaban J connectivity index is 1.30. The lowest BCUT2D eigenvalue weighted by atomic mass is 10.0. The molecule has 9 heteroatoms. The van der Waals surface area contributed by atoms with E-state index in [0.717, 1.165) is 24.1 Å². The van der Waals surface area contributed by atoms with Crippen molar-refractivity contribution in [3.05, 3.63) is 23.9 Å². The van der Waals surface area contributed by atoms with Crippen molar-refractivity contribution in [3.63, 3.8) is 0 Å². The van der Waals surface area contributed by atoms with Crippen LogP contribution in [0.5, 0.6) is 0 Å². The molecule has 2 aromatic rings. The summed E-state index contributed by atoms with van der Waals surface area (Å²) in [6.07, 6.45) is 3.01. The number of hydrogen-bond acceptors (Lipinski definition) is 6. The number of hydrogen-bond donors (Lipinski definition) is 2. The molecule has 0 aromatic carbocycles. The maximum absolute atomic E-state index is 12.7. The Bertz CT molecular complexity index is 919. The Labute approximate surface area is 175 Å². The first-order chi connectivity index (χ1) is 14.2. The predicted molar refractivity (Wildman–Crippen MR) is 110 cm³/mol. The van der Waals surface area contributed by atoms with Gasteiger partial charge in [0.2, 0.25) is 5.91 Å². The van der Waals surface area contributed by atoms with Gasteiger partial charge in [-0.25, -0.2) is 4.79 Å². The maximum Gasteiger partial charge on any atom is 0.410 e. The van der Waals surface area contributed by atoms with Crippen LogP contribution in [0.1, 0.15) is 39.2 Å². The van der Waals surface area contributed by atoms with E-state index in [-0.39, 0.29) is 17.9 Å². The summed E-state index contributed by atoms with van der Waals surface area (Å²) in [5.41, 5.74) is 1.99. The van der Waals surface area contributed by atoms with Crippen LogP contribution >= 0.6 is 0 Å². The summed E-state index contributed by atoms with van der Waals surface area (Å²) in [4.78, 5) is 26.8. The second kappa shape index (κ2) is 7.70. The first-order valence-corrected chi connectivity index (χ1v) is 10.3. The van der Waals surface area contributed by atoms with Crippen molar-refractivity contribution in [3.8, 4) is 11.4 Å². The van der Waals surface area contributed by atoms with E-state index in [9.17, 15) is 9.59 Å². The van der Waals surface area contributed by atoms with Crippen molar-refractivity contribution in [1.82, 2.24) is 25.3 Å². The molecular weight excluding hydrogens is 384 g/mol. The number of aryl methyl sites for hydroxylation is 1. The van der Waals surface area contributed by atoms with Crippen molar-refractivity contribution in [1.29, 1.82) is 0 Å². The van der Waals surface area contributed by atoms with Crippen molar-refractivity contribution < 1.29 is 14.3 Å². The second-order valence-electron chi connectivity index (χ2n) is 9.29. The van der Waals surface area contributed by atoms with Gasteiger partial charge >= 0.3 is 6.09 Å². The van der Waals surface area contributed by atoms with Crippen LogP contribution in [0.25, 0.3) is 11.4 Å². The van der Waals surface area contributed by atoms with Crippen LogP contribution in [-0.4, -0.2) is 56.0 Å². The first-order valence-electron chi connectivity index (χ1n) is 10.3. The van der Waals surface area contributed by atoms with Gasteiger partial charge in [0.1, 0.15) is 11.3 Å². The third-order valence-electron chi connectivity index (χ3n) is 5.77. The van der Waals surface area contributed by atoms with E-state index in [1.54, 1.807) is 17.2 Å². The molecule has 3 heterocycles. The van der Waals surface area contributed by atoms with E-state index in [2.05, 4.69) is 25.7 Å². The minimum absolute atomic E-state index is 0.0343. The number of anilines is 1. The zero-order valence-corrected chi connectivity index (χ0v) is 17.8. The SMILES string of the molecule is Cc1cn[nH]c1-c1ccc(NC(=O)C2CC3CN(C(=O)OC(C)(C)C)CC3C2)nn1. The topological polar surface area (TPSA) is 113 Å². The Morgan fingerprint density at radius 2 is 1.87 bits per heavy atom. The Morgan fingerprint density at radius 1 is 1.17 bits per heavy atom. The number of carbonyl (C=O) groups is 2. The summed E-state index contributed by atoms with van der Waals surface area (Å²) in [6, 6.07) is 3.56. The van der Waals surface area contributed by atoms with Gasteiger partial charge in [-0.3, -0.25) is 9.89 Å². The molecule has 1 saturated heterocycles. The van der Waals surface area contributed by atoms with Gasteiger partial charge in [-0.2, -0.15) is 5.10 Å². The molecule has 160 valence electrons. The minimum atomic E-state index is -0.496. The molecule has 0 radical (unpaired) electrons. The number of aromatic amines is 1. The number of aromatic nitrogens is 4. The summed E-state index contributed by atoms with van der Waals surface area (Å²) in [6.45, 7) is 8.86. The molecule has 1 saturated carbocycles. The predicted octanol–water partition coefficient (Wildman–Crippen LogP) is 3.01. The molecule has 0 spiro atoms. The molecule has 1 aliphatic carbocycles. The fourth-order valence-electron chi connectivity index (χ4n) is 4.36. The van der Waals surface area contributed by atoms with Crippen LogP contribution in [0.3, 0.4) is 0 Å². The summed E-state index contributed by atoms with van der Waals surface area (Å²) >= 11 is 0. The lowest BCUT2D eigenvalue weighted by molar-refractivity contribution is -0.119. The molecule has 2 fully saturated rings. The molecular formula is C21H28N6O3. The van der Waals surface area contributed by atoms with Gasteiger partial charge < -0.3 is 15.0 Å². The van der Waals surface area contributed by atoms with Crippen LogP contribution in [0, 0.1) is 24.7 Å². The van der Waals surface area contributed by atoms with Gasteiger partial charge in [0.15, 0.2) is 5.82 Å². The van der Waals surface area contributed by atoms with E-state index >= 15 is 0 Å². The summed E-state index contributed by atoms with van der Waals surface area (Å²) in [5, 5.41) is 18.1. The highest BCUT2D eigenvalue weighted by molar-refractivity contribution is 5.92. The van der Waals surface area contributed by atoms with E-state index in [0.29, 0.717) is 36.4 Å². The number of carbonyl (C=O) groups excluding carboxylic acids is 2. The van der Waals surface area contributed by atoms with Crippen LogP contribution in [0.2, 0.25) is 0 Å². The molecule has 9 nitrogen and oxygen atoms in total. The fourth-order valence-corrected chi connectivity index (χ4v) is 4.36. The largest absolute Gasteiger partial charge is 0.444 e. The first kappa shape index (κ1) is 20.3. The standard InChI is InChI=1S/C21H28N6O3/c1-12-9-22-26-18(12)16-5-6-17(25-24-16)23-19(28)13-7-14-10-27(11-15(14)8-13)20(29)30-21(2,3)4/h5-6,9,13-15H,7-8,10-11H2,1-4H3,(H,22,26)(H,23,25,28). The molecule has 2 aliphatic rings. The van der Waals surface area contributed by atoms with E-state index in [1.165, 1.54) is 0 Å². The number of likely N-dealkylation sites (tertiary alicyclic amines) is 1. The highest BCUT2D eigenvalue weighted by Gasteiger charge is 2.45. The molecule has 2 unspecified atom stereocenters. The average Bonchev–Trinajstić information content (AvgIpc) is 3.35. The lowest BCUT2D eigenvalue weighted by Crippen LogP contribution is -2.36. The maximum atomic E-state index is 12.7. The lowest BCUT2D eigenvalue weighted by Gasteiger charge is -2.25. The molecule has 30 heavy (non-hydrogen) atoms. The van der Waals surface area contributed by atoms with E-state index in [1.807, 2.05) is 33.8 Å². The van der Waals surface area contributed by atoms with E-state index in [4.69, 9.17) is 4.74 Å². The fraction of sp³-hybridized carbons (Fsp3) is 0.571. The van der Waals surface area contributed by atoms with Gasteiger partial charge in [-0.1, -0.05) is 0 Å². The van der Waals surface area contributed by atoms with Crippen molar-refractivity contribution in [2.24, 2.45) is 17.8 Å². The Hall–Kier alpha value is -2.97. The molecule has 2 aromatic heterocycles. The van der Waals surface area contributed by atoms with Gasteiger partial charge in [-0.15, -0.1) is 10.2 Å². The molecule has 2 atom stereocenters. The highest BCUT2D eigenvalue weighted by atomic mass is 16.6. The number of rotatable bonds is 3. The third-order valence-corrected chi connectivity index (χ3v) is 5.77. The normalized spacial score (nSPS) is 23.3. The Morgan fingerprint density at radius 3 is 2.40 bits per heavy atom. The molecule has 4 rings (SSSR count). The number of nitrogens with one attached hydrogen (secondary N) is 2. The van der Waals surface area contributed by atoms with Gasteiger partial charge in [-0.05, 0) is 70.1 Å². The van der Waals surface area contributed by atoms with Crippen LogP contribution in [0.4, 0.5) is 10.6 Å². The number of ether oxygens (including phenoxy) is 1. The molecule has 2 amide bonds. The number of fused-ring (bicyclic) bond motifs is 1. The smallest absolute Gasteiger partial charge is 0.410 e. The van der Waals surface area contributed by atoms with E-state index < -0.39 is 5.60 Å². The zero-order valence-electron chi connectivity index (χ0n) is 17.8. The van der Waals surface area contributed by atoms with Crippen LogP contribution in [0.15, 0.2) is 18.3 Å². The highest BCUT2D eigenvalue weighted by Crippen LogP contribution is 2.42. The minimum Gasteiger partial charge on any atom is -0.444 e. The monoisotopic (exact) mass is 412 g/mol. The Kier molecular flexibility index (Phi) is 5.21. The average molecular weight is 412 g/mol. The number of H-pyrrole nitrogens is 1. The summed E-state index contributed by atoms with van der Waals surface area (Å²) in [7, 11) is 0. The molecule has 0 bridgehead atoms. The van der Waals surface area contributed by atoms with Crippen LogP contribution < -0.4 is 5.32 Å². The third kappa shape index (κ3) is 4.29. The van der Waals surface area contributed by atoms with Gasteiger partial charge in [0.05, 0.1) is 11.9 Å². The van der Waals surface area contributed by atoms with Crippen LogP contribution in [-0.2, 0) is 9.53 Å². The number of nitrogens with zero attached hydrogens (tertiary/aromatic N) is 4.